The van der Waals surface area contributed by atoms with Crippen LogP contribution in [0.1, 0.15) is 16.7 Å². The summed E-state index contributed by atoms with van der Waals surface area (Å²) in [6, 6.07) is 25.8. The van der Waals surface area contributed by atoms with Gasteiger partial charge in [-0.25, -0.2) is 0 Å². The highest BCUT2D eigenvalue weighted by Gasteiger charge is 2.43. The van der Waals surface area contributed by atoms with E-state index in [1.807, 2.05) is 97.9 Å². The highest BCUT2D eigenvalue weighted by molar-refractivity contribution is 6.30. The molecule has 1 amide bonds. The lowest BCUT2D eigenvalue weighted by atomic mass is 9.79. The van der Waals surface area contributed by atoms with Crippen LogP contribution in [0, 0.1) is 0 Å². The van der Waals surface area contributed by atoms with Gasteiger partial charge in [-0.15, -0.1) is 12.4 Å². The first kappa shape index (κ1) is 23.3. The predicted molar refractivity (Wildman–Crippen MR) is 128 cm³/mol. The van der Waals surface area contributed by atoms with Crippen LogP contribution in [-0.2, 0) is 15.1 Å². The number of ether oxygens (including phenoxy) is 1. The van der Waals surface area contributed by atoms with Crippen molar-refractivity contribution in [2.75, 3.05) is 38.7 Å². The molecule has 1 heterocycles. The largest absolute Gasteiger partial charge is 0.351 e. The van der Waals surface area contributed by atoms with Gasteiger partial charge >= 0.3 is 0 Å². The molecule has 1 aliphatic rings. The topological polar surface area (TPSA) is 32.8 Å². The molecule has 4 nitrogen and oxygen atoms in total. The normalized spacial score (nSPS) is 15.2. The van der Waals surface area contributed by atoms with E-state index < -0.39 is 5.60 Å². The molecule has 4 rings (SSSR count). The lowest BCUT2D eigenvalue weighted by Crippen LogP contribution is -2.38. The molecule has 0 fully saturated rings. The van der Waals surface area contributed by atoms with Gasteiger partial charge in [0.1, 0.15) is 12.2 Å². The van der Waals surface area contributed by atoms with Crippen LogP contribution in [0.25, 0.3) is 0 Å². The third kappa shape index (κ3) is 4.48. The third-order valence-corrected chi connectivity index (χ3v) is 5.71. The maximum absolute atomic E-state index is 13.2. The molecular weight excluding hydrogens is 431 g/mol. The number of carbonyl (C=O) groups excluding carboxylic acids is 1. The molecule has 0 bridgehead atoms. The highest BCUT2D eigenvalue weighted by Crippen LogP contribution is 2.46. The molecule has 0 aliphatic carbocycles. The summed E-state index contributed by atoms with van der Waals surface area (Å²) in [7, 11) is 4.00. The first-order chi connectivity index (χ1) is 14.5. The molecule has 3 aromatic rings. The van der Waals surface area contributed by atoms with Crippen molar-refractivity contribution in [1.82, 2.24) is 4.90 Å². The maximum atomic E-state index is 13.2. The van der Waals surface area contributed by atoms with Gasteiger partial charge in [0.25, 0.3) is 5.91 Å². The van der Waals surface area contributed by atoms with Crippen LogP contribution >= 0.6 is 24.0 Å². The van der Waals surface area contributed by atoms with Crippen molar-refractivity contribution in [2.24, 2.45) is 0 Å². The van der Waals surface area contributed by atoms with Crippen LogP contribution in [0.15, 0.2) is 78.9 Å². The lowest BCUT2D eigenvalue weighted by Gasteiger charge is -2.35. The second-order valence-corrected chi connectivity index (χ2v) is 8.15. The molecule has 6 heteroatoms. The first-order valence-corrected chi connectivity index (χ1v) is 10.4. The SMILES string of the molecule is CN(C)CCN1C(=O)COC(c2ccccc2)(c2ccccc2)c2cc(Cl)ccc21.Cl. The summed E-state index contributed by atoms with van der Waals surface area (Å²) < 4.78 is 6.53. The molecular formula is C25H26Cl2N2O2. The Bertz CT molecular complexity index is 987. The van der Waals surface area contributed by atoms with Crippen LogP contribution in [0.4, 0.5) is 5.69 Å². The van der Waals surface area contributed by atoms with Crippen molar-refractivity contribution in [3.63, 3.8) is 0 Å². The molecule has 162 valence electrons. The summed E-state index contributed by atoms with van der Waals surface area (Å²) in [5.41, 5.74) is 2.68. The molecule has 0 radical (unpaired) electrons. The van der Waals surface area contributed by atoms with Gasteiger partial charge in [0.15, 0.2) is 0 Å². The molecule has 0 unspecified atom stereocenters. The van der Waals surface area contributed by atoms with E-state index in [9.17, 15) is 4.79 Å². The number of hydrogen-bond donors (Lipinski definition) is 0. The maximum Gasteiger partial charge on any atom is 0.253 e. The number of nitrogens with zero attached hydrogens (tertiary/aromatic N) is 2. The van der Waals surface area contributed by atoms with Crippen LogP contribution in [0.3, 0.4) is 0 Å². The van der Waals surface area contributed by atoms with Gasteiger partial charge in [-0.2, -0.15) is 0 Å². The molecule has 0 spiro atoms. The lowest BCUT2D eigenvalue weighted by molar-refractivity contribution is -0.126. The quantitative estimate of drug-likeness (QED) is 0.542. The molecule has 31 heavy (non-hydrogen) atoms. The van der Waals surface area contributed by atoms with E-state index >= 15 is 0 Å². The predicted octanol–water partition coefficient (Wildman–Crippen LogP) is 4.98. The summed E-state index contributed by atoms with van der Waals surface area (Å²) in [5, 5.41) is 0.607. The Morgan fingerprint density at radius 2 is 1.55 bits per heavy atom. The molecule has 1 aliphatic heterocycles. The van der Waals surface area contributed by atoms with Gasteiger partial charge in [-0.1, -0.05) is 72.3 Å². The minimum Gasteiger partial charge on any atom is -0.351 e. The minimum atomic E-state index is -0.939. The number of fused-ring (bicyclic) bond motifs is 1. The second-order valence-electron chi connectivity index (χ2n) is 7.71. The van der Waals surface area contributed by atoms with Crippen molar-refractivity contribution in [1.29, 1.82) is 0 Å². The van der Waals surface area contributed by atoms with E-state index in [-0.39, 0.29) is 24.9 Å². The van der Waals surface area contributed by atoms with Crippen LogP contribution < -0.4 is 4.90 Å². The molecule has 0 saturated heterocycles. The Kier molecular flexibility index (Phi) is 7.39. The number of halogens is 2. The average Bonchev–Trinajstić information content (AvgIpc) is 2.88. The number of likely N-dealkylation sites (N-methyl/N-ethyl adjacent to an activating group) is 1. The summed E-state index contributed by atoms with van der Waals surface area (Å²) in [4.78, 5) is 17.1. The average molecular weight is 457 g/mol. The van der Waals surface area contributed by atoms with Gasteiger partial charge in [-0.3, -0.25) is 4.79 Å². The zero-order valence-electron chi connectivity index (χ0n) is 17.6. The van der Waals surface area contributed by atoms with Crippen molar-refractivity contribution in [3.05, 3.63) is 101 Å². The third-order valence-electron chi connectivity index (χ3n) is 5.47. The van der Waals surface area contributed by atoms with Gasteiger partial charge in [0.05, 0.1) is 5.69 Å². The number of benzene rings is 3. The monoisotopic (exact) mass is 456 g/mol. The zero-order chi connectivity index (χ0) is 21.1. The van der Waals surface area contributed by atoms with Crippen molar-refractivity contribution < 1.29 is 9.53 Å². The Morgan fingerprint density at radius 1 is 0.968 bits per heavy atom. The van der Waals surface area contributed by atoms with Gasteiger partial charge in [-0.05, 0) is 43.4 Å². The fraction of sp³-hybridized carbons (Fsp3) is 0.240. The standard InChI is InChI=1S/C25H25ClN2O2.ClH/c1-27(2)15-16-28-23-14-13-21(26)17-22(23)25(30-18-24(28)29,19-9-5-3-6-10-19)20-11-7-4-8-12-20;/h3-14,17H,15-16,18H2,1-2H3;1H. The Hall–Kier alpha value is -2.37. The fourth-order valence-electron chi connectivity index (χ4n) is 4.02. The smallest absolute Gasteiger partial charge is 0.253 e. The van der Waals surface area contributed by atoms with E-state index in [4.69, 9.17) is 16.3 Å². The summed E-state index contributed by atoms with van der Waals surface area (Å²) in [6.07, 6.45) is 0. The Labute approximate surface area is 194 Å². The van der Waals surface area contributed by atoms with Crippen LogP contribution in [0.2, 0.25) is 5.02 Å². The number of carbonyl (C=O) groups is 1. The zero-order valence-corrected chi connectivity index (χ0v) is 19.2. The highest BCUT2D eigenvalue weighted by atomic mass is 35.5. The molecule has 0 saturated carbocycles. The number of rotatable bonds is 5. The molecule has 0 N–H and O–H groups in total. The van der Waals surface area contributed by atoms with E-state index in [0.29, 0.717) is 11.6 Å². The summed E-state index contributed by atoms with van der Waals surface area (Å²) in [6.45, 7) is 1.30. The number of hydrogen-bond acceptors (Lipinski definition) is 3. The van der Waals surface area contributed by atoms with Crippen LogP contribution in [0.5, 0.6) is 0 Å². The fourth-order valence-corrected chi connectivity index (χ4v) is 4.19. The molecule has 0 aromatic heterocycles. The van der Waals surface area contributed by atoms with Gasteiger partial charge < -0.3 is 14.5 Å². The summed E-state index contributed by atoms with van der Waals surface area (Å²) >= 11 is 6.48. The van der Waals surface area contributed by atoms with Gasteiger partial charge in [0, 0.05) is 23.7 Å². The van der Waals surface area contributed by atoms with E-state index in [2.05, 4.69) is 4.90 Å². The molecule has 0 atom stereocenters. The van der Waals surface area contributed by atoms with Crippen molar-refractivity contribution in [2.45, 2.75) is 5.60 Å². The van der Waals surface area contributed by atoms with E-state index in [1.165, 1.54) is 0 Å². The Morgan fingerprint density at radius 3 is 2.10 bits per heavy atom. The van der Waals surface area contributed by atoms with Crippen LogP contribution in [-0.4, -0.2) is 44.6 Å². The number of anilines is 1. The van der Waals surface area contributed by atoms with Crippen molar-refractivity contribution >= 4 is 35.6 Å². The van der Waals surface area contributed by atoms with Gasteiger partial charge in [0.2, 0.25) is 0 Å². The second kappa shape index (κ2) is 9.84. The van der Waals surface area contributed by atoms with Crippen molar-refractivity contribution in [3.8, 4) is 0 Å². The van der Waals surface area contributed by atoms with E-state index in [1.54, 1.807) is 0 Å². The van der Waals surface area contributed by atoms with E-state index in [0.717, 1.165) is 28.9 Å². The Balaban J connectivity index is 0.00000272. The first-order valence-electron chi connectivity index (χ1n) is 10.0. The summed E-state index contributed by atoms with van der Waals surface area (Å²) in [5.74, 6) is -0.0610. The number of amides is 1. The molecule has 3 aromatic carbocycles. The minimum absolute atomic E-state index is 0.